The minimum atomic E-state index is -0.654. The SMILES string of the molecule is COC(OC)[SiH2]C(Cl)Cl. The number of rotatable bonds is 4. The number of alkyl halides is 2. The molecule has 0 aromatic carbocycles. The van der Waals surface area contributed by atoms with Crippen LogP contribution in [0, 0.1) is 0 Å². The van der Waals surface area contributed by atoms with Gasteiger partial charge in [0.15, 0.2) is 0 Å². The summed E-state index contributed by atoms with van der Waals surface area (Å²) in [6.07, 6.45) is 0. The Kier molecular flexibility index (Phi) is 5.94. The third kappa shape index (κ3) is 5.18. The predicted octanol–water partition coefficient (Wildman–Crippen LogP) is 0.493. The molecule has 0 saturated heterocycles. The van der Waals surface area contributed by atoms with Crippen LogP contribution in [0.3, 0.4) is 0 Å². The van der Waals surface area contributed by atoms with Gasteiger partial charge in [-0.1, -0.05) is 0 Å². The molecule has 0 rings (SSSR count). The zero-order valence-corrected chi connectivity index (χ0v) is 8.36. The van der Waals surface area contributed by atoms with Crippen molar-refractivity contribution in [3.63, 3.8) is 0 Å². The Bertz CT molecular complexity index is 67.6. The van der Waals surface area contributed by atoms with Crippen LogP contribution in [-0.4, -0.2) is 34.1 Å². The van der Waals surface area contributed by atoms with Gasteiger partial charge in [-0.25, -0.2) is 0 Å². The molecule has 0 N–H and O–H groups in total. The van der Waals surface area contributed by atoms with Crippen molar-refractivity contribution in [3.8, 4) is 0 Å². The lowest BCUT2D eigenvalue weighted by Gasteiger charge is -2.11. The summed E-state index contributed by atoms with van der Waals surface area (Å²) in [6.45, 7) is 0. The van der Waals surface area contributed by atoms with Gasteiger partial charge >= 0.3 is 0 Å². The molecule has 0 saturated carbocycles. The lowest BCUT2D eigenvalue weighted by Crippen LogP contribution is -2.25. The van der Waals surface area contributed by atoms with E-state index in [1.54, 1.807) is 14.2 Å². The molecule has 0 bridgehead atoms. The molecular weight excluding hydrogens is 179 g/mol. The third-order valence-corrected chi connectivity index (χ3v) is 3.37. The van der Waals surface area contributed by atoms with Crippen LogP contribution in [0.2, 0.25) is 0 Å². The quantitative estimate of drug-likeness (QED) is 0.364. The van der Waals surface area contributed by atoms with Gasteiger partial charge in [0, 0.05) is 14.2 Å². The van der Waals surface area contributed by atoms with Gasteiger partial charge in [-0.3, -0.25) is 0 Å². The second kappa shape index (κ2) is 5.50. The second-order valence-corrected chi connectivity index (χ2v) is 5.79. The molecule has 0 aliphatic carbocycles. The molecule has 0 unspecified atom stereocenters. The van der Waals surface area contributed by atoms with E-state index in [2.05, 4.69) is 0 Å². The molecular formula is C4H10Cl2O2Si. The summed E-state index contributed by atoms with van der Waals surface area (Å²) in [7, 11) is 2.51. The number of methoxy groups -OCH3 is 2. The Morgan fingerprint density at radius 1 is 1.22 bits per heavy atom. The molecule has 0 aromatic heterocycles. The van der Waals surface area contributed by atoms with Crippen LogP contribution in [0.25, 0.3) is 0 Å². The van der Waals surface area contributed by atoms with Crippen LogP contribution in [0.15, 0.2) is 0 Å². The standard InChI is InChI=1S/C4H10Cl2O2Si/c1-7-4(8-2)9-3(5)6/h3-4H,9H2,1-2H3. The Labute approximate surface area is 67.2 Å². The molecule has 5 heteroatoms. The highest BCUT2D eigenvalue weighted by Gasteiger charge is 2.10. The summed E-state index contributed by atoms with van der Waals surface area (Å²) in [4.78, 5) is 0. The number of halogens is 2. The maximum Gasteiger partial charge on any atom is 0.137 e. The van der Waals surface area contributed by atoms with E-state index in [1.165, 1.54) is 0 Å². The van der Waals surface area contributed by atoms with Gasteiger partial charge in [0.1, 0.15) is 15.4 Å². The van der Waals surface area contributed by atoms with E-state index in [1.807, 2.05) is 0 Å². The monoisotopic (exact) mass is 188 g/mol. The molecule has 0 heterocycles. The minimum absolute atomic E-state index is 0.148. The van der Waals surface area contributed by atoms with Crippen LogP contribution in [0.4, 0.5) is 0 Å². The van der Waals surface area contributed by atoms with Crippen molar-refractivity contribution in [2.24, 2.45) is 0 Å². The molecule has 56 valence electrons. The fourth-order valence-corrected chi connectivity index (χ4v) is 1.98. The van der Waals surface area contributed by atoms with Crippen molar-refractivity contribution in [2.45, 2.75) is 10.4 Å². The van der Waals surface area contributed by atoms with Gasteiger partial charge < -0.3 is 9.47 Å². The average Bonchev–Trinajstić information content (AvgIpc) is 1.82. The molecule has 0 fully saturated rings. The molecule has 0 spiro atoms. The van der Waals surface area contributed by atoms with Crippen LogP contribution in [0.1, 0.15) is 0 Å². The molecule has 0 aliphatic rings. The first kappa shape index (κ1) is 9.72. The highest BCUT2D eigenvalue weighted by molar-refractivity contribution is 6.68. The Morgan fingerprint density at radius 2 is 1.67 bits per heavy atom. The Morgan fingerprint density at radius 3 is 1.78 bits per heavy atom. The smallest absolute Gasteiger partial charge is 0.137 e. The summed E-state index contributed by atoms with van der Waals surface area (Å²) >= 11 is 11.0. The van der Waals surface area contributed by atoms with E-state index in [0.717, 1.165) is 0 Å². The van der Waals surface area contributed by atoms with E-state index in [0.29, 0.717) is 0 Å². The summed E-state index contributed by atoms with van der Waals surface area (Å²) in [6, 6.07) is 0. The fraction of sp³-hybridized carbons (Fsp3) is 1.00. The highest BCUT2D eigenvalue weighted by atomic mass is 35.5. The van der Waals surface area contributed by atoms with Crippen molar-refractivity contribution in [2.75, 3.05) is 14.2 Å². The van der Waals surface area contributed by atoms with Crippen molar-refractivity contribution in [3.05, 3.63) is 0 Å². The molecule has 0 radical (unpaired) electrons. The van der Waals surface area contributed by atoms with E-state index in [-0.39, 0.29) is 10.4 Å². The first-order valence-corrected chi connectivity index (χ1v) is 5.05. The van der Waals surface area contributed by atoms with Crippen LogP contribution in [-0.2, 0) is 9.47 Å². The van der Waals surface area contributed by atoms with Gasteiger partial charge in [0.05, 0.1) is 4.46 Å². The third-order valence-electron chi connectivity index (χ3n) is 0.896. The molecule has 9 heavy (non-hydrogen) atoms. The van der Waals surface area contributed by atoms with Gasteiger partial charge in [-0.15, -0.1) is 23.2 Å². The van der Waals surface area contributed by atoms with Gasteiger partial charge in [-0.2, -0.15) is 0 Å². The maximum atomic E-state index is 5.50. The second-order valence-electron chi connectivity index (χ2n) is 1.53. The van der Waals surface area contributed by atoms with Crippen molar-refractivity contribution >= 4 is 32.7 Å². The van der Waals surface area contributed by atoms with Gasteiger partial charge in [0.25, 0.3) is 0 Å². The molecule has 0 aliphatic heterocycles. The molecule has 0 atom stereocenters. The van der Waals surface area contributed by atoms with E-state index < -0.39 is 9.52 Å². The lowest BCUT2D eigenvalue weighted by atomic mass is 11.3. The normalized spacial score (nSPS) is 12.7. The minimum Gasteiger partial charge on any atom is -0.360 e. The van der Waals surface area contributed by atoms with Gasteiger partial charge in [-0.05, 0) is 0 Å². The van der Waals surface area contributed by atoms with Crippen molar-refractivity contribution < 1.29 is 9.47 Å². The van der Waals surface area contributed by atoms with Crippen molar-refractivity contribution in [1.82, 2.24) is 0 Å². The first-order valence-electron chi connectivity index (χ1n) is 2.54. The van der Waals surface area contributed by atoms with Gasteiger partial charge in [0.2, 0.25) is 0 Å². The number of hydrogen-bond donors (Lipinski definition) is 0. The lowest BCUT2D eigenvalue weighted by molar-refractivity contribution is -0.0438. The number of ether oxygens (including phenoxy) is 2. The summed E-state index contributed by atoms with van der Waals surface area (Å²) in [5.74, 6) is -0.148. The van der Waals surface area contributed by atoms with Crippen LogP contribution >= 0.6 is 23.2 Å². The Balaban J connectivity index is 3.31. The predicted molar refractivity (Wildman–Crippen MR) is 41.8 cm³/mol. The zero-order valence-electron chi connectivity index (χ0n) is 5.43. The zero-order chi connectivity index (χ0) is 7.28. The Hall–Kier alpha value is 0.717. The summed E-state index contributed by atoms with van der Waals surface area (Å²) < 4.78 is 9.48. The maximum absolute atomic E-state index is 5.50. The highest BCUT2D eigenvalue weighted by Crippen LogP contribution is 2.02. The van der Waals surface area contributed by atoms with E-state index in [9.17, 15) is 0 Å². The number of hydrogen-bond acceptors (Lipinski definition) is 2. The fourth-order valence-electron chi connectivity index (χ4n) is 0.434. The van der Waals surface area contributed by atoms with Crippen LogP contribution in [0.5, 0.6) is 0 Å². The van der Waals surface area contributed by atoms with E-state index >= 15 is 0 Å². The molecule has 0 aromatic rings. The van der Waals surface area contributed by atoms with Crippen LogP contribution < -0.4 is 0 Å². The van der Waals surface area contributed by atoms with Crippen molar-refractivity contribution in [1.29, 1.82) is 0 Å². The molecule has 2 nitrogen and oxygen atoms in total. The summed E-state index contributed by atoms with van der Waals surface area (Å²) in [5, 5.41) is 0. The first-order chi connectivity index (χ1) is 4.20. The molecule has 0 amide bonds. The summed E-state index contributed by atoms with van der Waals surface area (Å²) in [5.41, 5.74) is 0. The topological polar surface area (TPSA) is 18.5 Å². The average molecular weight is 189 g/mol. The largest absolute Gasteiger partial charge is 0.360 e. The van der Waals surface area contributed by atoms with E-state index in [4.69, 9.17) is 32.7 Å².